The van der Waals surface area contributed by atoms with E-state index in [-0.39, 0.29) is 58.8 Å². The molecule has 1 spiro atoms. The van der Waals surface area contributed by atoms with Gasteiger partial charge in [0.15, 0.2) is 23.0 Å². The van der Waals surface area contributed by atoms with Gasteiger partial charge in [0.1, 0.15) is 13.2 Å². The van der Waals surface area contributed by atoms with E-state index in [4.69, 9.17) is 38.2 Å². The molecule has 6 aliphatic rings. The van der Waals surface area contributed by atoms with Gasteiger partial charge in [-0.3, -0.25) is 29.2 Å². The van der Waals surface area contributed by atoms with Crippen molar-refractivity contribution in [2.75, 3.05) is 93.2 Å². The number of fused-ring (bicyclic) bond motifs is 7. The summed E-state index contributed by atoms with van der Waals surface area (Å²) < 4.78 is 42.4. The average molecular weight is 1210 g/mol. The molecule has 0 aromatic heterocycles. The lowest BCUT2D eigenvalue weighted by atomic mass is 9.75. The Bertz CT molecular complexity index is 3300. The molecule has 5 aromatic carbocycles. The number of anilines is 4. The van der Waals surface area contributed by atoms with Crippen LogP contribution in [0.5, 0.6) is 23.0 Å². The summed E-state index contributed by atoms with van der Waals surface area (Å²) in [5, 5.41) is 7.32. The van der Waals surface area contributed by atoms with Crippen molar-refractivity contribution in [1.82, 2.24) is 5.32 Å². The standard InChI is InChI=1S/C70H88N6O10S/c1-8-69(9-2,51-21-12-10-11-13-22-51)73-65(77)25-18-32-87-68(3,4)46-74(26-27-83-30-31-84-29-28-80-5)52-34-47(44-85-62-39-56-54(37-60(62)81-6)66(78)75-53(43-71-56)36-49-19-14-16-23-58(49)75)33-48(35-52)45-86-63-40-57-55(38-61(63)82-7)67(79)76-59-24-17-15-20-50(59)41-70(76)42-64(70)72-57/h14-17,19-20,23-24,33-35,37-40,43,51,53,64,72H,8-13,18,21-22,25-32,36,41-42,44-46H2,1-7H3,(H,73,77)/t53-,64?,70?/m0/s1. The van der Waals surface area contributed by atoms with Crippen molar-refractivity contribution in [2.24, 2.45) is 10.9 Å². The molecule has 4 aliphatic heterocycles. The van der Waals surface area contributed by atoms with E-state index in [1.54, 1.807) is 33.5 Å². The number of nitrogens with one attached hydrogen (secondary N) is 2. The van der Waals surface area contributed by atoms with Crippen LogP contribution in [0, 0.1) is 5.92 Å². The Morgan fingerprint density at radius 3 is 2.11 bits per heavy atom. The van der Waals surface area contributed by atoms with Crippen molar-refractivity contribution >= 4 is 64.1 Å². The second kappa shape index (κ2) is 27.3. The summed E-state index contributed by atoms with van der Waals surface area (Å²) >= 11 is 1.88. The van der Waals surface area contributed by atoms with E-state index < -0.39 is 0 Å². The second-order valence-corrected chi connectivity index (χ2v) is 26.7. The van der Waals surface area contributed by atoms with Crippen LogP contribution >= 0.6 is 11.8 Å². The lowest BCUT2D eigenvalue weighted by Crippen LogP contribution is -2.53. The van der Waals surface area contributed by atoms with Gasteiger partial charge in [0.25, 0.3) is 11.8 Å². The molecule has 2 N–H and O–H groups in total. The molecule has 87 heavy (non-hydrogen) atoms. The summed E-state index contributed by atoms with van der Waals surface area (Å²) in [6, 6.07) is 29.8. The van der Waals surface area contributed by atoms with Crippen LogP contribution in [0.25, 0.3) is 0 Å². The normalized spacial score (nSPS) is 19.3. The number of carbonyl (C=O) groups is 3. The Hall–Kier alpha value is -6.79. The molecule has 3 atom stereocenters. The maximum Gasteiger partial charge on any atom is 0.261 e. The van der Waals surface area contributed by atoms with Crippen LogP contribution in [0.15, 0.2) is 96.0 Å². The number of rotatable bonds is 29. The summed E-state index contributed by atoms with van der Waals surface area (Å²) in [5.41, 5.74) is 8.64. The highest BCUT2D eigenvalue weighted by atomic mass is 32.2. The van der Waals surface area contributed by atoms with Crippen LogP contribution < -0.4 is 44.3 Å². The molecular weight excluding hydrogens is 1120 g/mol. The highest BCUT2D eigenvalue weighted by molar-refractivity contribution is 8.00. The van der Waals surface area contributed by atoms with Crippen LogP contribution in [-0.2, 0) is 45.1 Å². The highest BCUT2D eigenvalue weighted by Gasteiger charge is 2.65. The zero-order valence-corrected chi connectivity index (χ0v) is 52.8. The van der Waals surface area contributed by atoms with E-state index in [0.29, 0.717) is 105 Å². The second-order valence-electron chi connectivity index (χ2n) is 24.9. The maximum absolute atomic E-state index is 14.6. The minimum atomic E-state index is -0.299. The third-order valence-corrected chi connectivity index (χ3v) is 20.2. The van der Waals surface area contributed by atoms with E-state index in [0.717, 1.165) is 77.3 Å². The van der Waals surface area contributed by atoms with E-state index >= 15 is 0 Å². The molecule has 0 radical (unpaired) electrons. The molecule has 16 nitrogen and oxygen atoms in total. The predicted molar refractivity (Wildman–Crippen MR) is 346 cm³/mol. The Labute approximate surface area is 518 Å². The van der Waals surface area contributed by atoms with Gasteiger partial charge < -0.3 is 48.7 Å². The number of aliphatic imine (C=N–C) groups is 1. The topological polar surface area (TPSA) is 162 Å². The van der Waals surface area contributed by atoms with Gasteiger partial charge in [-0.1, -0.05) is 75.9 Å². The lowest BCUT2D eigenvalue weighted by molar-refractivity contribution is -0.124. The molecule has 2 fully saturated rings. The number of nitrogens with zero attached hydrogens (tertiary/aromatic N) is 4. The Kier molecular flexibility index (Phi) is 19.4. The fourth-order valence-electron chi connectivity index (χ4n) is 14.1. The number of methoxy groups -OCH3 is 3. The van der Waals surface area contributed by atoms with Crippen LogP contribution in [0.4, 0.5) is 28.4 Å². The van der Waals surface area contributed by atoms with Gasteiger partial charge in [-0.05, 0) is 129 Å². The predicted octanol–water partition coefficient (Wildman–Crippen LogP) is 12.7. The lowest BCUT2D eigenvalue weighted by Gasteiger charge is -2.40. The van der Waals surface area contributed by atoms with Gasteiger partial charge in [0.05, 0.1) is 87.4 Å². The Balaban J connectivity index is 0.857. The quantitative estimate of drug-likeness (QED) is 0.0344. The van der Waals surface area contributed by atoms with Crippen molar-refractivity contribution in [2.45, 2.75) is 152 Å². The van der Waals surface area contributed by atoms with E-state index in [1.807, 2.05) is 76.3 Å². The average Bonchev–Trinajstić information content (AvgIpc) is 1.54. The summed E-state index contributed by atoms with van der Waals surface area (Å²) in [5.74, 6) is 3.16. The Morgan fingerprint density at radius 2 is 1.41 bits per heavy atom. The van der Waals surface area contributed by atoms with Crippen LogP contribution in [0.3, 0.4) is 0 Å². The molecule has 4 heterocycles. The molecular formula is C70H88N6O10S. The number of carbonyl (C=O) groups excluding carboxylic acids is 3. The first-order valence-corrected chi connectivity index (χ1v) is 32.6. The van der Waals surface area contributed by atoms with Crippen LogP contribution in [-0.4, -0.2) is 125 Å². The fourth-order valence-corrected chi connectivity index (χ4v) is 15.2. The molecule has 3 amide bonds. The zero-order chi connectivity index (χ0) is 60.7. The smallest absolute Gasteiger partial charge is 0.261 e. The largest absolute Gasteiger partial charge is 0.493 e. The number of amides is 3. The van der Waals surface area contributed by atoms with Gasteiger partial charge in [-0.2, -0.15) is 11.8 Å². The molecule has 2 unspecified atom stereocenters. The van der Waals surface area contributed by atoms with Crippen LogP contribution in [0.1, 0.15) is 141 Å². The van der Waals surface area contributed by atoms with E-state index in [9.17, 15) is 14.4 Å². The van der Waals surface area contributed by atoms with Crippen molar-refractivity contribution < 1.29 is 47.5 Å². The number of benzene rings is 5. The van der Waals surface area contributed by atoms with Crippen molar-refractivity contribution in [3.8, 4) is 23.0 Å². The fraction of sp³-hybridized carbons (Fsp3) is 0.514. The summed E-state index contributed by atoms with van der Waals surface area (Å²) in [6.45, 7) is 12.9. The minimum Gasteiger partial charge on any atom is -0.493 e. The number of hydrogen-bond donors (Lipinski definition) is 2. The molecule has 2 aliphatic carbocycles. The number of hydrogen-bond acceptors (Lipinski definition) is 14. The maximum atomic E-state index is 14.6. The summed E-state index contributed by atoms with van der Waals surface area (Å²) in [6.07, 6.45) is 14.9. The van der Waals surface area contributed by atoms with E-state index in [1.165, 1.54) is 44.1 Å². The van der Waals surface area contributed by atoms with Gasteiger partial charge >= 0.3 is 0 Å². The molecule has 11 rings (SSSR count). The third kappa shape index (κ3) is 13.5. The summed E-state index contributed by atoms with van der Waals surface area (Å²) in [4.78, 5) is 53.8. The van der Waals surface area contributed by atoms with Gasteiger partial charge in [0, 0.05) is 85.2 Å². The zero-order valence-electron chi connectivity index (χ0n) is 52.0. The minimum absolute atomic E-state index is 0.0512. The van der Waals surface area contributed by atoms with Crippen molar-refractivity contribution in [3.05, 3.63) is 124 Å². The molecule has 464 valence electrons. The monoisotopic (exact) mass is 1200 g/mol. The molecule has 2 saturated carbocycles. The first kappa shape index (κ1) is 61.8. The molecule has 17 heteroatoms. The van der Waals surface area contributed by atoms with Crippen LogP contribution in [0.2, 0.25) is 0 Å². The molecule has 5 aromatic rings. The molecule has 0 saturated heterocycles. The first-order chi connectivity index (χ1) is 42.3. The highest BCUT2D eigenvalue weighted by Crippen LogP contribution is 2.57. The summed E-state index contributed by atoms with van der Waals surface area (Å²) in [7, 11) is 4.85. The van der Waals surface area contributed by atoms with Gasteiger partial charge in [-0.25, -0.2) is 0 Å². The number of para-hydroxylation sites is 2. The number of ether oxygens (including phenoxy) is 7. The first-order valence-electron chi connectivity index (χ1n) is 31.6. The number of thioether (sulfide) groups is 1. The van der Waals surface area contributed by atoms with E-state index in [2.05, 4.69) is 73.6 Å². The van der Waals surface area contributed by atoms with Crippen molar-refractivity contribution in [1.29, 1.82) is 0 Å². The van der Waals surface area contributed by atoms with Gasteiger partial charge in [-0.15, -0.1) is 0 Å². The van der Waals surface area contributed by atoms with Crippen molar-refractivity contribution in [3.63, 3.8) is 0 Å². The third-order valence-electron chi connectivity index (χ3n) is 18.8. The molecule has 0 bridgehead atoms. The van der Waals surface area contributed by atoms with Gasteiger partial charge in [0.2, 0.25) is 5.91 Å². The SMILES string of the molecule is CCC(CC)(NC(=O)CCCSC(C)(C)CN(CCOCCOCCOC)c1cc(COc2cc3c(cc2OC)C(=O)N2c4ccccc4C[C@H]2C=N3)cc(COc2cc3c(cc2OC)C(=O)N2c4ccccc4CC24CC4N3)c1)C1CCCCCC1. The Morgan fingerprint density at radius 1 is 0.759 bits per heavy atom.